The summed E-state index contributed by atoms with van der Waals surface area (Å²) in [5.41, 5.74) is 0. The number of aliphatic hydroxyl groups excluding tert-OH is 1. The van der Waals surface area contributed by atoms with Gasteiger partial charge in [-0.3, -0.25) is 4.99 Å². The summed E-state index contributed by atoms with van der Waals surface area (Å²) < 4.78 is 5.04. The molecule has 0 radical (unpaired) electrons. The molecule has 0 bridgehead atoms. The average Bonchev–Trinajstić information content (AvgIpc) is 2.00. The topological polar surface area (TPSA) is 41.8 Å². The Hall–Kier alpha value is -0.990. The third kappa shape index (κ3) is 3.65. The normalized spacial score (nSPS) is 13.4. The van der Waals surface area contributed by atoms with Gasteiger partial charge >= 0.3 is 0 Å². The minimum atomic E-state index is 0.122. The van der Waals surface area contributed by atoms with Crippen molar-refractivity contribution >= 4 is 5.90 Å². The van der Waals surface area contributed by atoms with Gasteiger partial charge in [0.25, 0.3) is 5.90 Å². The van der Waals surface area contributed by atoms with Crippen LogP contribution in [0.25, 0.3) is 0 Å². The predicted octanol–water partition coefficient (Wildman–Crippen LogP) is 1.90. The Bertz CT molecular complexity index is 161. The Kier molecular flexibility index (Phi) is 5.25. The monoisotopic (exact) mass is 157 g/mol. The number of ether oxygens (including phenoxy) is 1. The van der Waals surface area contributed by atoms with Crippen molar-refractivity contribution in [3.8, 4) is 0 Å². The lowest BCUT2D eigenvalue weighted by atomic mass is 10.4. The molecule has 0 unspecified atom stereocenters. The number of hydrogen-bond donors (Lipinski definition) is 1. The van der Waals surface area contributed by atoms with E-state index in [0.717, 1.165) is 6.42 Å². The second-order valence-electron chi connectivity index (χ2n) is 1.96. The Balaban J connectivity index is 4.15. The van der Waals surface area contributed by atoms with Crippen LogP contribution in [0.4, 0.5) is 0 Å². The third-order valence-corrected chi connectivity index (χ3v) is 1.10. The molecule has 3 heteroatoms. The van der Waals surface area contributed by atoms with Crippen molar-refractivity contribution < 1.29 is 9.84 Å². The maximum atomic E-state index is 9.25. The van der Waals surface area contributed by atoms with E-state index in [0.29, 0.717) is 12.5 Å². The third-order valence-electron chi connectivity index (χ3n) is 1.10. The van der Waals surface area contributed by atoms with Gasteiger partial charge in [-0.2, -0.15) is 0 Å². The highest BCUT2D eigenvalue weighted by atomic mass is 16.5. The largest absolute Gasteiger partial charge is 0.503 e. The van der Waals surface area contributed by atoms with E-state index in [9.17, 15) is 5.11 Å². The van der Waals surface area contributed by atoms with Gasteiger partial charge in [0.1, 0.15) is 0 Å². The van der Waals surface area contributed by atoms with E-state index in [-0.39, 0.29) is 5.76 Å². The van der Waals surface area contributed by atoms with E-state index in [4.69, 9.17) is 4.74 Å². The SMILES string of the molecule is CC/C=C(/O)C(=NC)OCC. The van der Waals surface area contributed by atoms with Gasteiger partial charge < -0.3 is 9.84 Å². The van der Waals surface area contributed by atoms with Gasteiger partial charge in [0.05, 0.1) is 6.61 Å². The molecular formula is C8H15NO2. The van der Waals surface area contributed by atoms with Crippen molar-refractivity contribution in [2.24, 2.45) is 4.99 Å². The summed E-state index contributed by atoms with van der Waals surface area (Å²) >= 11 is 0. The molecule has 0 aromatic heterocycles. The van der Waals surface area contributed by atoms with Crippen molar-refractivity contribution in [2.75, 3.05) is 13.7 Å². The molecule has 11 heavy (non-hydrogen) atoms. The zero-order valence-electron chi connectivity index (χ0n) is 7.29. The molecule has 0 spiro atoms. The van der Waals surface area contributed by atoms with Crippen LogP contribution in [0.3, 0.4) is 0 Å². The van der Waals surface area contributed by atoms with Gasteiger partial charge in [0.2, 0.25) is 0 Å². The molecule has 0 aliphatic heterocycles. The zero-order chi connectivity index (χ0) is 8.69. The molecule has 0 fully saturated rings. The van der Waals surface area contributed by atoms with Gasteiger partial charge in [0, 0.05) is 7.05 Å². The lowest BCUT2D eigenvalue weighted by Gasteiger charge is -2.04. The van der Waals surface area contributed by atoms with Crippen LogP contribution in [0.15, 0.2) is 16.8 Å². The minimum absolute atomic E-state index is 0.122. The van der Waals surface area contributed by atoms with Crippen molar-refractivity contribution in [1.82, 2.24) is 0 Å². The highest BCUT2D eigenvalue weighted by molar-refractivity contribution is 5.90. The number of nitrogens with zero attached hydrogens (tertiary/aromatic N) is 1. The minimum Gasteiger partial charge on any atom is -0.503 e. The molecule has 0 aliphatic rings. The summed E-state index contributed by atoms with van der Waals surface area (Å²) in [4.78, 5) is 3.77. The molecule has 0 amide bonds. The first-order chi connectivity index (χ1) is 5.26. The second-order valence-corrected chi connectivity index (χ2v) is 1.96. The van der Waals surface area contributed by atoms with Gasteiger partial charge in [-0.1, -0.05) is 6.92 Å². The maximum Gasteiger partial charge on any atom is 0.251 e. The molecule has 1 N–H and O–H groups in total. The van der Waals surface area contributed by atoms with E-state index in [2.05, 4.69) is 4.99 Å². The van der Waals surface area contributed by atoms with Crippen LogP contribution in [-0.4, -0.2) is 24.7 Å². The quantitative estimate of drug-likeness (QED) is 0.386. The lowest BCUT2D eigenvalue weighted by molar-refractivity contribution is 0.301. The van der Waals surface area contributed by atoms with Crippen LogP contribution in [0, 0.1) is 0 Å². The summed E-state index contributed by atoms with van der Waals surface area (Å²) in [6, 6.07) is 0. The maximum absolute atomic E-state index is 9.25. The molecule has 0 saturated carbocycles. The van der Waals surface area contributed by atoms with Crippen LogP contribution in [-0.2, 0) is 4.74 Å². The fourth-order valence-electron chi connectivity index (χ4n) is 0.670. The molecule has 64 valence electrons. The molecule has 0 aliphatic carbocycles. The first kappa shape index (κ1) is 10.0. The number of rotatable bonds is 3. The van der Waals surface area contributed by atoms with Crippen molar-refractivity contribution in [2.45, 2.75) is 20.3 Å². The number of hydrogen-bond acceptors (Lipinski definition) is 3. The van der Waals surface area contributed by atoms with E-state index >= 15 is 0 Å². The average molecular weight is 157 g/mol. The standard InChI is InChI=1S/C8H15NO2/c1-4-6-7(10)8(9-3)11-5-2/h6,10H,4-5H2,1-3H3/b7-6+,9-8?. The first-order valence-electron chi connectivity index (χ1n) is 3.75. The second kappa shape index (κ2) is 5.77. The van der Waals surface area contributed by atoms with Crippen LogP contribution in [0.5, 0.6) is 0 Å². The van der Waals surface area contributed by atoms with E-state index in [1.807, 2.05) is 13.8 Å². The molecule has 0 rings (SSSR count). The molecular weight excluding hydrogens is 142 g/mol. The van der Waals surface area contributed by atoms with Gasteiger partial charge in [-0.05, 0) is 19.4 Å². The lowest BCUT2D eigenvalue weighted by Crippen LogP contribution is -2.07. The van der Waals surface area contributed by atoms with Gasteiger partial charge in [-0.25, -0.2) is 0 Å². The summed E-state index contributed by atoms with van der Waals surface area (Å²) in [6.45, 7) is 4.31. The summed E-state index contributed by atoms with van der Waals surface area (Å²) in [6.07, 6.45) is 2.44. The molecule has 0 heterocycles. The summed E-state index contributed by atoms with van der Waals surface area (Å²) in [7, 11) is 1.59. The van der Waals surface area contributed by atoms with Crippen molar-refractivity contribution in [3.63, 3.8) is 0 Å². The molecule has 0 aromatic carbocycles. The number of aliphatic hydroxyl groups is 1. The predicted molar refractivity (Wildman–Crippen MR) is 46.0 cm³/mol. The smallest absolute Gasteiger partial charge is 0.251 e. The fraction of sp³-hybridized carbons (Fsp3) is 0.625. The zero-order valence-corrected chi connectivity index (χ0v) is 7.29. The van der Waals surface area contributed by atoms with Crippen LogP contribution in [0.2, 0.25) is 0 Å². The Morgan fingerprint density at radius 1 is 1.55 bits per heavy atom. The van der Waals surface area contributed by atoms with Crippen molar-refractivity contribution in [3.05, 3.63) is 11.8 Å². The number of aliphatic imine (C=N–C) groups is 1. The summed E-state index contributed by atoms with van der Waals surface area (Å²) in [5.74, 6) is 0.436. The Morgan fingerprint density at radius 2 is 2.18 bits per heavy atom. The Morgan fingerprint density at radius 3 is 2.55 bits per heavy atom. The van der Waals surface area contributed by atoms with E-state index in [1.165, 1.54) is 0 Å². The Labute approximate surface area is 67.4 Å². The van der Waals surface area contributed by atoms with Crippen LogP contribution >= 0.6 is 0 Å². The first-order valence-corrected chi connectivity index (χ1v) is 3.75. The highest BCUT2D eigenvalue weighted by Gasteiger charge is 2.02. The van der Waals surface area contributed by atoms with Crippen molar-refractivity contribution in [1.29, 1.82) is 0 Å². The van der Waals surface area contributed by atoms with Crippen LogP contribution < -0.4 is 0 Å². The molecule has 0 saturated heterocycles. The highest BCUT2D eigenvalue weighted by Crippen LogP contribution is 1.97. The summed E-state index contributed by atoms with van der Waals surface area (Å²) in [5, 5.41) is 9.25. The van der Waals surface area contributed by atoms with E-state index < -0.39 is 0 Å². The molecule has 3 nitrogen and oxygen atoms in total. The molecule has 0 atom stereocenters. The molecule has 0 aromatic rings. The van der Waals surface area contributed by atoms with Gasteiger partial charge in [-0.15, -0.1) is 0 Å². The fourth-order valence-corrected chi connectivity index (χ4v) is 0.670. The van der Waals surface area contributed by atoms with E-state index in [1.54, 1.807) is 13.1 Å². The number of allylic oxidation sites excluding steroid dienone is 1. The van der Waals surface area contributed by atoms with Crippen LogP contribution in [0.1, 0.15) is 20.3 Å². The van der Waals surface area contributed by atoms with Gasteiger partial charge in [0.15, 0.2) is 5.76 Å².